The van der Waals surface area contributed by atoms with E-state index in [9.17, 15) is 19.5 Å². The first-order valence-corrected chi connectivity index (χ1v) is 24.4. The molecule has 0 heterocycles. The summed E-state index contributed by atoms with van der Waals surface area (Å²) >= 11 is 0. The summed E-state index contributed by atoms with van der Waals surface area (Å²) in [5.74, 6) is -1.56. The minimum absolute atomic E-state index is 0.0291. The van der Waals surface area contributed by atoms with E-state index in [1.807, 2.05) is 21.1 Å². The van der Waals surface area contributed by atoms with Gasteiger partial charge in [0, 0.05) is 19.3 Å². The van der Waals surface area contributed by atoms with Crippen molar-refractivity contribution in [2.24, 2.45) is 0 Å². The van der Waals surface area contributed by atoms with Crippen molar-refractivity contribution in [3.8, 4) is 0 Å². The largest absolute Gasteiger partial charge is 0.477 e. The lowest BCUT2D eigenvalue weighted by molar-refractivity contribution is -0.887. The molecule has 0 saturated carbocycles. The van der Waals surface area contributed by atoms with Crippen LogP contribution in [0, 0.1) is 0 Å². The van der Waals surface area contributed by atoms with Crippen LogP contribution in [-0.2, 0) is 28.6 Å². The highest BCUT2D eigenvalue weighted by Gasteiger charge is 2.31. The molecule has 0 aromatic heterocycles. The maximum Gasteiger partial charge on any atom is 0.362 e. The Morgan fingerprint density at radius 3 is 1.29 bits per heavy atom. The van der Waals surface area contributed by atoms with E-state index in [-0.39, 0.29) is 42.7 Å². The standard InChI is InChI=1S/C55H89NO7/c1-6-8-10-12-14-16-18-20-22-24-26-28-30-32-34-36-38-40-42-44-46-54(58)63-51(49-61-48-47-52(55(59)60)56(3,4)5)50-62-53(57)45-43-41-39-37-35-33-31-29-27-25-23-21-19-17-15-13-11-9-7-2/h8-11,14-17,20-23,26,28,32,34,38,40,51-52H,6-7,12-13,18-19,24-25,27,29-31,33,35-37,39,41-50H2,1-5H3/p+1/b10-8+,11-9+,16-14+,17-15+,22-20+,23-21+,28-26+,34-32+,40-38+. The van der Waals surface area contributed by atoms with Crippen LogP contribution >= 0.6 is 0 Å². The first-order chi connectivity index (χ1) is 30.6. The quantitative estimate of drug-likeness (QED) is 0.0282. The lowest BCUT2D eigenvalue weighted by Gasteiger charge is -2.31. The molecule has 0 aliphatic rings. The summed E-state index contributed by atoms with van der Waals surface area (Å²) in [6.45, 7) is 4.43. The predicted octanol–water partition coefficient (Wildman–Crippen LogP) is 14.0. The Hall–Kier alpha value is -4.01. The minimum atomic E-state index is -0.889. The van der Waals surface area contributed by atoms with Crippen LogP contribution < -0.4 is 0 Å². The molecule has 356 valence electrons. The molecule has 1 N–H and O–H groups in total. The second-order valence-electron chi connectivity index (χ2n) is 17.0. The van der Waals surface area contributed by atoms with Gasteiger partial charge in [0.1, 0.15) is 6.61 Å². The van der Waals surface area contributed by atoms with Gasteiger partial charge in [-0.3, -0.25) is 9.59 Å². The van der Waals surface area contributed by atoms with Gasteiger partial charge in [-0.1, -0.05) is 168 Å². The Balaban J connectivity index is 4.41. The van der Waals surface area contributed by atoms with Crippen molar-refractivity contribution >= 4 is 17.9 Å². The van der Waals surface area contributed by atoms with Gasteiger partial charge in [-0.25, -0.2) is 4.79 Å². The topological polar surface area (TPSA) is 99.1 Å². The Morgan fingerprint density at radius 1 is 0.476 bits per heavy atom. The van der Waals surface area contributed by atoms with E-state index in [2.05, 4.69) is 123 Å². The molecule has 0 amide bonds. The van der Waals surface area contributed by atoms with Crippen LogP contribution in [0.4, 0.5) is 0 Å². The first kappa shape index (κ1) is 59.0. The number of aliphatic carboxylic acids is 1. The molecule has 0 aliphatic carbocycles. The molecule has 2 atom stereocenters. The number of quaternary nitrogens is 1. The van der Waals surface area contributed by atoms with Crippen molar-refractivity contribution in [1.29, 1.82) is 0 Å². The van der Waals surface area contributed by atoms with Crippen LogP contribution in [0.5, 0.6) is 0 Å². The summed E-state index contributed by atoms with van der Waals surface area (Å²) in [6, 6.07) is -0.633. The summed E-state index contributed by atoms with van der Waals surface area (Å²) in [5, 5.41) is 9.65. The SMILES string of the molecule is CC/C=C/C/C=C/C/C=C/C/C=C/C/C=C/C/C=C/CCCC(=O)OC(COCCC(C(=O)O)[N+](C)(C)C)COC(=O)CCCCCCCCCCC/C=C/C/C=C/C/C=C/CC. The van der Waals surface area contributed by atoms with Crippen molar-refractivity contribution in [3.05, 3.63) is 109 Å². The fourth-order valence-electron chi connectivity index (χ4n) is 6.47. The van der Waals surface area contributed by atoms with Crippen LogP contribution in [0.1, 0.15) is 168 Å². The van der Waals surface area contributed by atoms with Gasteiger partial charge in [0.2, 0.25) is 0 Å². The second-order valence-corrected chi connectivity index (χ2v) is 17.0. The molecule has 0 spiro atoms. The molecule has 0 rings (SSSR count). The van der Waals surface area contributed by atoms with Crippen molar-refractivity contribution in [2.75, 3.05) is 41.0 Å². The van der Waals surface area contributed by atoms with E-state index < -0.39 is 18.1 Å². The average Bonchev–Trinajstić information content (AvgIpc) is 3.24. The average molecular weight is 877 g/mol. The number of unbranched alkanes of at least 4 members (excludes halogenated alkanes) is 10. The van der Waals surface area contributed by atoms with Crippen molar-refractivity contribution < 1.29 is 38.2 Å². The lowest BCUT2D eigenvalue weighted by atomic mass is 10.1. The van der Waals surface area contributed by atoms with Gasteiger partial charge in [-0.2, -0.15) is 0 Å². The summed E-state index contributed by atoms with van der Waals surface area (Å²) in [4.78, 5) is 37.1. The molecule has 63 heavy (non-hydrogen) atoms. The van der Waals surface area contributed by atoms with Crippen molar-refractivity contribution in [1.82, 2.24) is 0 Å². The highest BCUT2D eigenvalue weighted by molar-refractivity contribution is 5.72. The molecular formula is C55H90NO7+. The van der Waals surface area contributed by atoms with E-state index in [0.29, 0.717) is 19.3 Å². The highest BCUT2D eigenvalue weighted by atomic mass is 16.6. The summed E-state index contributed by atoms with van der Waals surface area (Å²) in [7, 11) is 5.50. The molecule has 0 radical (unpaired) electrons. The molecule has 0 aliphatic heterocycles. The Kier molecular flexibility index (Phi) is 41.8. The number of esters is 2. The molecule has 0 aromatic rings. The number of hydrogen-bond acceptors (Lipinski definition) is 6. The third-order valence-corrected chi connectivity index (χ3v) is 10.2. The van der Waals surface area contributed by atoms with Crippen LogP contribution in [0.15, 0.2) is 109 Å². The van der Waals surface area contributed by atoms with E-state index in [0.717, 1.165) is 89.9 Å². The molecule has 0 fully saturated rings. The fourth-order valence-corrected chi connectivity index (χ4v) is 6.47. The number of likely N-dealkylation sites (N-methyl/N-ethyl adjacent to an activating group) is 1. The summed E-state index contributed by atoms with van der Waals surface area (Å²) in [5.41, 5.74) is 0. The molecule has 0 saturated heterocycles. The first-order valence-electron chi connectivity index (χ1n) is 24.4. The molecule has 0 bridgehead atoms. The zero-order chi connectivity index (χ0) is 46.3. The number of rotatable bonds is 42. The molecular weight excluding hydrogens is 787 g/mol. The van der Waals surface area contributed by atoms with Crippen molar-refractivity contribution in [3.63, 3.8) is 0 Å². The summed E-state index contributed by atoms with van der Waals surface area (Å²) < 4.78 is 17.3. The number of carboxylic acids is 1. The maximum absolute atomic E-state index is 12.8. The van der Waals surface area contributed by atoms with Gasteiger partial charge in [-0.15, -0.1) is 0 Å². The Morgan fingerprint density at radius 2 is 0.857 bits per heavy atom. The molecule has 8 nitrogen and oxygen atoms in total. The van der Waals surface area contributed by atoms with Crippen LogP contribution in [0.3, 0.4) is 0 Å². The smallest absolute Gasteiger partial charge is 0.362 e. The zero-order valence-corrected chi connectivity index (χ0v) is 40.5. The van der Waals surface area contributed by atoms with Gasteiger partial charge in [0.25, 0.3) is 0 Å². The monoisotopic (exact) mass is 877 g/mol. The zero-order valence-electron chi connectivity index (χ0n) is 40.5. The lowest BCUT2D eigenvalue weighted by Crippen LogP contribution is -2.50. The third-order valence-electron chi connectivity index (χ3n) is 10.2. The van der Waals surface area contributed by atoms with Gasteiger partial charge in [-0.05, 0) is 89.9 Å². The fraction of sp³-hybridized carbons (Fsp3) is 0.618. The molecule has 2 unspecified atom stereocenters. The minimum Gasteiger partial charge on any atom is -0.477 e. The number of ether oxygens (including phenoxy) is 3. The van der Waals surface area contributed by atoms with Gasteiger partial charge in [0.05, 0.1) is 34.4 Å². The second kappa shape index (κ2) is 44.6. The number of nitrogens with zero attached hydrogens (tertiary/aromatic N) is 1. The van der Waals surface area contributed by atoms with Crippen LogP contribution in [0.25, 0.3) is 0 Å². The third kappa shape index (κ3) is 43.0. The van der Waals surface area contributed by atoms with Gasteiger partial charge >= 0.3 is 17.9 Å². The normalized spacial score (nSPS) is 13.9. The number of carbonyl (C=O) groups is 3. The number of allylic oxidation sites excluding steroid dienone is 18. The maximum atomic E-state index is 12.8. The Labute approximate surface area is 385 Å². The summed E-state index contributed by atoms with van der Waals surface area (Å²) in [6.07, 6.45) is 61.4. The molecule has 8 heteroatoms. The predicted molar refractivity (Wildman–Crippen MR) is 266 cm³/mol. The van der Waals surface area contributed by atoms with E-state index in [1.54, 1.807) is 0 Å². The van der Waals surface area contributed by atoms with Crippen LogP contribution in [-0.4, -0.2) is 80.6 Å². The highest BCUT2D eigenvalue weighted by Crippen LogP contribution is 2.13. The van der Waals surface area contributed by atoms with Crippen molar-refractivity contribution in [2.45, 2.75) is 180 Å². The van der Waals surface area contributed by atoms with Crippen LogP contribution in [0.2, 0.25) is 0 Å². The van der Waals surface area contributed by atoms with E-state index in [1.165, 1.54) is 38.5 Å². The number of carboxylic acid groups (broad SMARTS) is 1. The van der Waals surface area contributed by atoms with Gasteiger partial charge < -0.3 is 23.8 Å². The van der Waals surface area contributed by atoms with E-state index >= 15 is 0 Å². The van der Waals surface area contributed by atoms with Gasteiger partial charge in [0.15, 0.2) is 12.1 Å². The van der Waals surface area contributed by atoms with E-state index in [4.69, 9.17) is 14.2 Å². The molecule has 0 aromatic carbocycles. The Bertz CT molecular complexity index is 1390. The number of carbonyl (C=O) groups excluding carboxylic acids is 2. The number of hydrogen-bond donors (Lipinski definition) is 1.